The molecule has 28 heavy (non-hydrogen) atoms. The van der Waals surface area contributed by atoms with E-state index in [1.807, 2.05) is 48.5 Å². The van der Waals surface area contributed by atoms with Crippen molar-refractivity contribution >= 4 is 33.6 Å². The average molecular weight is 442 g/mol. The first-order valence-electron chi connectivity index (χ1n) is 9.11. The molecular weight excluding hydrogens is 418 g/mol. The highest BCUT2D eigenvalue weighted by Crippen LogP contribution is 2.30. The molecule has 0 radical (unpaired) electrons. The number of benzene rings is 2. The van der Waals surface area contributed by atoms with Gasteiger partial charge in [0.15, 0.2) is 0 Å². The number of carbonyl (C=O) groups excluding carboxylic acids is 2. The van der Waals surface area contributed by atoms with E-state index in [9.17, 15) is 9.59 Å². The van der Waals surface area contributed by atoms with Crippen molar-refractivity contribution in [2.75, 3.05) is 5.32 Å². The second-order valence-electron chi connectivity index (χ2n) is 7.90. The molecule has 0 bridgehead atoms. The van der Waals surface area contributed by atoms with Gasteiger partial charge in [-0.15, -0.1) is 0 Å². The van der Waals surface area contributed by atoms with Gasteiger partial charge in [0.05, 0.1) is 11.6 Å². The molecule has 146 valence electrons. The van der Waals surface area contributed by atoms with Crippen LogP contribution in [0.15, 0.2) is 64.3 Å². The quantitative estimate of drug-likeness (QED) is 0.625. The summed E-state index contributed by atoms with van der Waals surface area (Å²) in [5.41, 5.74) is 3.81. The van der Waals surface area contributed by atoms with E-state index in [1.165, 1.54) is 5.56 Å². The number of rotatable bonds is 3. The van der Waals surface area contributed by atoms with Crippen molar-refractivity contribution in [2.45, 2.75) is 39.2 Å². The first kappa shape index (κ1) is 20.1. The van der Waals surface area contributed by atoms with Crippen LogP contribution >= 0.6 is 15.9 Å². The van der Waals surface area contributed by atoms with Crippen LogP contribution in [0.2, 0.25) is 0 Å². The number of carbonyl (C=O) groups is 2. The molecule has 5 nitrogen and oxygen atoms in total. The summed E-state index contributed by atoms with van der Waals surface area (Å²) in [6.07, 6.45) is 0. The molecule has 3 N–H and O–H groups in total. The van der Waals surface area contributed by atoms with Crippen molar-refractivity contribution in [3.8, 4) is 0 Å². The van der Waals surface area contributed by atoms with Crippen molar-refractivity contribution in [1.29, 1.82) is 0 Å². The smallest absolute Gasteiger partial charge is 0.319 e. The van der Waals surface area contributed by atoms with E-state index >= 15 is 0 Å². The highest BCUT2D eigenvalue weighted by Gasteiger charge is 2.31. The topological polar surface area (TPSA) is 70.2 Å². The van der Waals surface area contributed by atoms with Crippen LogP contribution in [0, 0.1) is 0 Å². The highest BCUT2D eigenvalue weighted by molar-refractivity contribution is 9.10. The molecule has 1 heterocycles. The van der Waals surface area contributed by atoms with Crippen LogP contribution in [0.1, 0.15) is 44.9 Å². The lowest BCUT2D eigenvalue weighted by Gasteiger charge is -2.29. The summed E-state index contributed by atoms with van der Waals surface area (Å²) in [4.78, 5) is 25.1. The molecule has 0 aliphatic carbocycles. The molecule has 3 rings (SSSR count). The molecule has 0 aromatic heterocycles. The van der Waals surface area contributed by atoms with E-state index in [-0.39, 0.29) is 17.4 Å². The van der Waals surface area contributed by atoms with Gasteiger partial charge >= 0.3 is 6.03 Å². The number of amides is 3. The van der Waals surface area contributed by atoms with Crippen molar-refractivity contribution < 1.29 is 9.59 Å². The minimum atomic E-state index is -0.516. The average Bonchev–Trinajstić information content (AvgIpc) is 2.62. The molecule has 0 saturated carbocycles. The number of halogens is 1. The zero-order valence-electron chi connectivity index (χ0n) is 16.4. The number of allylic oxidation sites excluding steroid dienone is 1. The van der Waals surface area contributed by atoms with Gasteiger partial charge < -0.3 is 16.0 Å². The summed E-state index contributed by atoms with van der Waals surface area (Å²) in [6.45, 7) is 8.19. The highest BCUT2D eigenvalue weighted by atomic mass is 79.9. The summed E-state index contributed by atoms with van der Waals surface area (Å²) in [5.74, 6) is -0.253. The Bertz CT molecular complexity index is 926. The number of urea groups is 1. The Morgan fingerprint density at radius 3 is 2.21 bits per heavy atom. The van der Waals surface area contributed by atoms with Crippen LogP contribution < -0.4 is 16.0 Å². The Kier molecular flexibility index (Phi) is 5.61. The molecule has 1 aliphatic rings. The third kappa shape index (κ3) is 4.44. The maximum Gasteiger partial charge on any atom is 0.319 e. The van der Waals surface area contributed by atoms with Crippen LogP contribution in [0.5, 0.6) is 0 Å². The van der Waals surface area contributed by atoms with Gasteiger partial charge in [0, 0.05) is 15.9 Å². The summed E-state index contributed by atoms with van der Waals surface area (Å²) >= 11 is 3.38. The summed E-state index contributed by atoms with van der Waals surface area (Å²) in [6, 6.07) is 14.6. The van der Waals surface area contributed by atoms with E-state index in [0.717, 1.165) is 10.0 Å². The minimum absolute atomic E-state index is 0.0312. The Hall–Kier alpha value is -2.60. The zero-order valence-corrected chi connectivity index (χ0v) is 18.0. The summed E-state index contributed by atoms with van der Waals surface area (Å²) in [7, 11) is 0. The summed E-state index contributed by atoms with van der Waals surface area (Å²) in [5, 5.41) is 8.48. The molecule has 6 heteroatoms. The van der Waals surface area contributed by atoms with E-state index < -0.39 is 6.04 Å². The molecule has 0 spiro atoms. The van der Waals surface area contributed by atoms with E-state index in [1.54, 1.807) is 6.92 Å². The molecule has 2 aromatic carbocycles. The molecular formula is C22H24BrN3O2. The Morgan fingerprint density at radius 2 is 1.64 bits per heavy atom. The van der Waals surface area contributed by atoms with Crippen LogP contribution in [0.25, 0.3) is 0 Å². The number of hydrogen-bond acceptors (Lipinski definition) is 2. The molecule has 1 atom stereocenters. The molecule has 2 aromatic rings. The van der Waals surface area contributed by atoms with E-state index in [4.69, 9.17) is 0 Å². The predicted molar refractivity (Wildman–Crippen MR) is 115 cm³/mol. The van der Waals surface area contributed by atoms with Crippen LogP contribution in [0.4, 0.5) is 10.5 Å². The number of hydrogen-bond donors (Lipinski definition) is 3. The molecule has 0 unspecified atom stereocenters. The predicted octanol–water partition coefficient (Wildman–Crippen LogP) is 5.01. The first-order chi connectivity index (χ1) is 13.1. The molecule has 3 amide bonds. The van der Waals surface area contributed by atoms with Crippen LogP contribution in [-0.4, -0.2) is 11.9 Å². The monoisotopic (exact) mass is 441 g/mol. The zero-order chi connectivity index (χ0) is 20.5. The van der Waals surface area contributed by atoms with Gasteiger partial charge in [-0.2, -0.15) is 0 Å². The van der Waals surface area contributed by atoms with Crippen molar-refractivity contribution in [3.05, 3.63) is 75.4 Å². The lowest BCUT2D eigenvalue weighted by atomic mass is 9.85. The second-order valence-corrected chi connectivity index (χ2v) is 8.82. The van der Waals surface area contributed by atoms with Gasteiger partial charge in [0.25, 0.3) is 5.91 Å². The third-order valence-electron chi connectivity index (χ3n) is 4.73. The Balaban J connectivity index is 1.92. The van der Waals surface area contributed by atoms with Crippen molar-refractivity contribution in [2.24, 2.45) is 0 Å². The molecule has 0 saturated heterocycles. The normalized spacial score (nSPS) is 17.0. The second kappa shape index (κ2) is 7.80. The fourth-order valence-electron chi connectivity index (χ4n) is 3.15. The minimum Gasteiger partial charge on any atom is -0.327 e. The number of anilines is 1. The van der Waals surface area contributed by atoms with Gasteiger partial charge in [-0.05, 0) is 47.7 Å². The summed E-state index contributed by atoms with van der Waals surface area (Å²) < 4.78 is 0.935. The van der Waals surface area contributed by atoms with Gasteiger partial charge in [-0.25, -0.2) is 4.79 Å². The lowest BCUT2D eigenvalue weighted by molar-refractivity contribution is -0.113. The largest absolute Gasteiger partial charge is 0.327 e. The van der Waals surface area contributed by atoms with Gasteiger partial charge in [-0.3, -0.25) is 4.79 Å². The maximum absolute atomic E-state index is 13.0. The van der Waals surface area contributed by atoms with Gasteiger partial charge in [0.1, 0.15) is 0 Å². The number of nitrogens with one attached hydrogen (secondary N) is 3. The Labute approximate surface area is 173 Å². The SMILES string of the molecule is CC1=C(C(=O)Nc2ccc(Br)cc2)[C@@H](c2ccc(C(C)(C)C)cc2)NC(=O)N1. The van der Waals surface area contributed by atoms with E-state index in [0.29, 0.717) is 17.0 Å². The van der Waals surface area contributed by atoms with Crippen molar-refractivity contribution in [3.63, 3.8) is 0 Å². The maximum atomic E-state index is 13.0. The lowest BCUT2D eigenvalue weighted by Crippen LogP contribution is -2.46. The van der Waals surface area contributed by atoms with E-state index in [2.05, 4.69) is 52.7 Å². The van der Waals surface area contributed by atoms with Crippen molar-refractivity contribution in [1.82, 2.24) is 10.6 Å². The standard InChI is InChI=1S/C22H24BrN3O2/c1-13-18(20(27)25-17-11-9-16(23)10-12-17)19(26-21(28)24-13)14-5-7-15(8-6-14)22(2,3)4/h5-12,19H,1-4H3,(H,25,27)(H2,24,26,28)/t19-/m1/s1. The Morgan fingerprint density at radius 1 is 1.04 bits per heavy atom. The first-order valence-corrected chi connectivity index (χ1v) is 9.90. The molecule has 1 aliphatic heterocycles. The van der Waals surface area contributed by atoms with Gasteiger partial charge in [-0.1, -0.05) is 61.0 Å². The van der Waals surface area contributed by atoms with Crippen LogP contribution in [0.3, 0.4) is 0 Å². The fourth-order valence-corrected chi connectivity index (χ4v) is 3.42. The molecule has 0 fully saturated rings. The third-order valence-corrected chi connectivity index (χ3v) is 5.25. The van der Waals surface area contributed by atoms with Gasteiger partial charge in [0.2, 0.25) is 0 Å². The van der Waals surface area contributed by atoms with Crippen LogP contribution in [-0.2, 0) is 10.2 Å². The fraction of sp³-hybridized carbons (Fsp3) is 0.273.